The van der Waals surface area contributed by atoms with Crippen molar-refractivity contribution < 1.29 is 23.8 Å². The smallest absolute Gasteiger partial charge is 0.145 e. The normalized spacial score (nSPS) is 17.2. The lowest BCUT2D eigenvalue weighted by molar-refractivity contribution is -0.0600. The summed E-state index contributed by atoms with van der Waals surface area (Å²) >= 11 is 0. The van der Waals surface area contributed by atoms with Gasteiger partial charge in [0.05, 0.1) is 31.1 Å². The fraction of sp³-hybridized carbons (Fsp3) is 0.480. The fourth-order valence-electron chi connectivity index (χ4n) is 3.56. The number of aliphatic hydroxyl groups excluding tert-OH is 1. The predicted molar refractivity (Wildman–Crippen MR) is 122 cm³/mol. The second-order valence-corrected chi connectivity index (χ2v) is 9.10. The van der Waals surface area contributed by atoms with Crippen LogP contribution in [-0.4, -0.2) is 60.3 Å². The van der Waals surface area contributed by atoms with E-state index in [0.717, 1.165) is 22.6 Å². The molecule has 0 aliphatic carbocycles. The molecule has 3 rings (SSSR count). The van der Waals surface area contributed by atoms with Gasteiger partial charge in [-0.25, -0.2) is 4.39 Å². The summed E-state index contributed by atoms with van der Waals surface area (Å²) in [6, 6.07) is 14.1. The van der Waals surface area contributed by atoms with Crippen molar-refractivity contribution in [2.45, 2.75) is 51.5 Å². The molecule has 0 bridgehead atoms. The number of oxime groups is 1. The Labute approximate surface area is 189 Å². The van der Waals surface area contributed by atoms with Crippen LogP contribution in [0.3, 0.4) is 0 Å². The van der Waals surface area contributed by atoms with E-state index in [1.807, 2.05) is 45.0 Å². The first-order valence-electron chi connectivity index (χ1n) is 10.9. The first-order chi connectivity index (χ1) is 15.2. The minimum Gasteiger partial charge on any atom is -0.497 e. The van der Waals surface area contributed by atoms with Crippen LogP contribution in [0.4, 0.5) is 4.39 Å². The third kappa shape index (κ3) is 7.58. The van der Waals surface area contributed by atoms with E-state index in [4.69, 9.17) is 14.3 Å². The molecule has 1 heterocycles. The molecular weight excluding hydrogens is 411 g/mol. The zero-order chi connectivity index (χ0) is 23.1. The quantitative estimate of drug-likeness (QED) is 0.600. The average Bonchev–Trinajstić information content (AvgIpc) is 3.21. The number of aliphatic hydroxyl groups is 1. The molecule has 174 valence electrons. The molecule has 1 aliphatic heterocycles. The Hall–Kier alpha value is -2.48. The van der Waals surface area contributed by atoms with Crippen molar-refractivity contribution in [3.8, 4) is 5.75 Å². The van der Waals surface area contributed by atoms with Crippen molar-refractivity contribution in [2.75, 3.05) is 26.8 Å². The highest BCUT2D eigenvalue weighted by Crippen LogP contribution is 2.20. The Morgan fingerprint density at radius 2 is 1.97 bits per heavy atom. The Kier molecular flexibility index (Phi) is 8.23. The van der Waals surface area contributed by atoms with Crippen molar-refractivity contribution in [3.63, 3.8) is 0 Å². The van der Waals surface area contributed by atoms with Gasteiger partial charge in [-0.1, -0.05) is 29.4 Å². The molecule has 2 atom stereocenters. The number of benzene rings is 2. The van der Waals surface area contributed by atoms with Crippen LogP contribution in [0.2, 0.25) is 0 Å². The molecule has 0 fully saturated rings. The van der Waals surface area contributed by atoms with Crippen molar-refractivity contribution in [1.82, 2.24) is 4.90 Å². The van der Waals surface area contributed by atoms with Gasteiger partial charge in [0.15, 0.2) is 0 Å². The highest BCUT2D eigenvalue weighted by atomic mass is 19.1. The fourth-order valence-corrected chi connectivity index (χ4v) is 3.56. The van der Waals surface area contributed by atoms with Gasteiger partial charge in [-0.05, 0) is 56.2 Å². The molecule has 0 radical (unpaired) electrons. The molecule has 1 aliphatic rings. The molecule has 6 nitrogen and oxygen atoms in total. The number of methoxy groups -OCH3 is 1. The van der Waals surface area contributed by atoms with Gasteiger partial charge in [0.25, 0.3) is 0 Å². The Morgan fingerprint density at radius 3 is 2.66 bits per heavy atom. The van der Waals surface area contributed by atoms with E-state index in [1.165, 1.54) is 12.1 Å². The monoisotopic (exact) mass is 444 g/mol. The number of hydrogen-bond donors (Lipinski definition) is 1. The summed E-state index contributed by atoms with van der Waals surface area (Å²) in [6.45, 7) is 7.78. The molecular formula is C25H33FN2O4. The maximum absolute atomic E-state index is 13.2. The van der Waals surface area contributed by atoms with Crippen LogP contribution in [0, 0.1) is 5.82 Å². The van der Waals surface area contributed by atoms with Crippen LogP contribution in [-0.2, 0) is 16.1 Å². The SMILES string of the molecule is COc1cccc(CN(C[C@H](O)COC(C)(C)C)C[C@@H]2CC(c3ccc(F)cc3)=NO2)c1. The van der Waals surface area contributed by atoms with Gasteiger partial charge < -0.3 is 19.4 Å². The third-order valence-electron chi connectivity index (χ3n) is 5.09. The lowest BCUT2D eigenvalue weighted by atomic mass is 10.0. The lowest BCUT2D eigenvalue weighted by Gasteiger charge is -2.28. The number of ether oxygens (including phenoxy) is 2. The van der Waals surface area contributed by atoms with Crippen molar-refractivity contribution in [1.29, 1.82) is 0 Å². The van der Waals surface area contributed by atoms with Gasteiger partial charge in [-0.2, -0.15) is 0 Å². The molecule has 0 saturated carbocycles. The maximum Gasteiger partial charge on any atom is 0.145 e. The summed E-state index contributed by atoms with van der Waals surface area (Å²) in [5.41, 5.74) is 2.41. The van der Waals surface area contributed by atoms with Crippen molar-refractivity contribution in [3.05, 3.63) is 65.5 Å². The van der Waals surface area contributed by atoms with Crippen LogP contribution in [0.15, 0.2) is 53.7 Å². The first-order valence-corrected chi connectivity index (χ1v) is 10.9. The Balaban J connectivity index is 1.64. The summed E-state index contributed by atoms with van der Waals surface area (Å²) in [4.78, 5) is 7.81. The Bertz CT molecular complexity index is 896. The summed E-state index contributed by atoms with van der Waals surface area (Å²) in [7, 11) is 1.64. The zero-order valence-electron chi connectivity index (χ0n) is 19.3. The Morgan fingerprint density at radius 1 is 1.22 bits per heavy atom. The van der Waals surface area contributed by atoms with Crippen molar-refractivity contribution in [2.24, 2.45) is 5.16 Å². The average molecular weight is 445 g/mol. The van der Waals surface area contributed by atoms with E-state index in [0.29, 0.717) is 26.1 Å². The highest BCUT2D eigenvalue weighted by molar-refractivity contribution is 6.01. The van der Waals surface area contributed by atoms with Gasteiger partial charge in [0.1, 0.15) is 17.7 Å². The molecule has 0 amide bonds. The lowest BCUT2D eigenvalue weighted by Crippen LogP contribution is -2.40. The molecule has 2 aromatic rings. The van der Waals surface area contributed by atoms with E-state index >= 15 is 0 Å². The summed E-state index contributed by atoms with van der Waals surface area (Å²) in [5, 5.41) is 14.8. The minimum absolute atomic E-state index is 0.156. The highest BCUT2D eigenvalue weighted by Gasteiger charge is 2.26. The van der Waals surface area contributed by atoms with Gasteiger partial charge in [-0.15, -0.1) is 0 Å². The molecule has 0 spiro atoms. The second kappa shape index (κ2) is 10.9. The van der Waals surface area contributed by atoms with E-state index in [-0.39, 0.29) is 24.1 Å². The van der Waals surface area contributed by atoms with Crippen molar-refractivity contribution >= 4 is 5.71 Å². The van der Waals surface area contributed by atoms with Crippen LogP contribution in [0.25, 0.3) is 0 Å². The third-order valence-corrected chi connectivity index (χ3v) is 5.09. The number of nitrogens with zero attached hydrogens (tertiary/aromatic N) is 2. The minimum atomic E-state index is -0.640. The number of halogens is 1. The molecule has 0 unspecified atom stereocenters. The topological polar surface area (TPSA) is 63.5 Å². The van der Waals surface area contributed by atoms with Gasteiger partial charge in [-0.3, -0.25) is 4.90 Å². The van der Waals surface area contributed by atoms with E-state index in [1.54, 1.807) is 19.2 Å². The number of hydrogen-bond acceptors (Lipinski definition) is 6. The number of rotatable bonds is 10. The zero-order valence-corrected chi connectivity index (χ0v) is 19.3. The van der Waals surface area contributed by atoms with Gasteiger partial charge in [0, 0.05) is 26.1 Å². The van der Waals surface area contributed by atoms with Gasteiger partial charge >= 0.3 is 0 Å². The van der Waals surface area contributed by atoms with E-state index in [2.05, 4.69) is 10.1 Å². The van der Waals surface area contributed by atoms with Crippen LogP contribution in [0.1, 0.15) is 38.3 Å². The van der Waals surface area contributed by atoms with Crippen LogP contribution >= 0.6 is 0 Å². The second-order valence-electron chi connectivity index (χ2n) is 9.10. The maximum atomic E-state index is 13.2. The largest absolute Gasteiger partial charge is 0.497 e. The molecule has 1 N–H and O–H groups in total. The van der Waals surface area contributed by atoms with E-state index in [9.17, 15) is 9.50 Å². The predicted octanol–water partition coefficient (Wildman–Crippen LogP) is 4.01. The molecule has 0 saturated heterocycles. The standard InChI is InChI=1S/C25H33FN2O4/c1-25(2,3)31-17-21(29)15-28(14-18-6-5-7-22(12-18)30-4)16-23-13-24(27-32-23)19-8-10-20(26)11-9-19/h5-12,21,23,29H,13-17H2,1-4H3/t21-,23-/m0/s1. The summed E-state index contributed by atoms with van der Waals surface area (Å²) < 4.78 is 24.3. The van der Waals surface area contributed by atoms with E-state index < -0.39 is 6.10 Å². The molecule has 2 aromatic carbocycles. The molecule has 0 aromatic heterocycles. The van der Waals surface area contributed by atoms with Crippen LogP contribution in [0.5, 0.6) is 5.75 Å². The van der Waals surface area contributed by atoms with Crippen LogP contribution < -0.4 is 4.74 Å². The summed E-state index contributed by atoms with van der Waals surface area (Å²) in [5.74, 6) is 0.513. The molecule has 7 heteroatoms. The summed E-state index contributed by atoms with van der Waals surface area (Å²) in [6.07, 6.45) is -0.176. The molecule has 32 heavy (non-hydrogen) atoms. The first kappa shape index (κ1) is 24.2. The van der Waals surface area contributed by atoms with Gasteiger partial charge in [0.2, 0.25) is 0 Å².